The third-order valence-electron chi connectivity index (χ3n) is 5.08. The lowest BCUT2D eigenvalue weighted by atomic mass is 9.95. The molecule has 0 bridgehead atoms. The zero-order valence-corrected chi connectivity index (χ0v) is 16.7. The highest BCUT2D eigenvalue weighted by Gasteiger charge is 2.60. The van der Waals surface area contributed by atoms with E-state index in [1.807, 2.05) is 25.1 Å². The fraction of sp³-hybridized carbons (Fsp3) is 0.550. The van der Waals surface area contributed by atoms with Gasteiger partial charge in [0.2, 0.25) is 0 Å². The standard InChI is InChI=1S/C20H24ClF3O3/c1-11(2)14-8-6-7-13(12(14)3)10-26-18(25)27-17-15(19(17,4)5)9-16(21)20(22,23)24/h6-9,11,15,17H,10H2,1-5H3/t15-,17+/m0/s1. The predicted octanol–water partition coefficient (Wildman–Crippen LogP) is 6.48. The Balaban J connectivity index is 1.96. The topological polar surface area (TPSA) is 35.5 Å². The molecule has 0 unspecified atom stereocenters. The van der Waals surface area contributed by atoms with Crippen molar-refractivity contribution in [3.8, 4) is 0 Å². The zero-order chi connectivity index (χ0) is 20.6. The molecule has 1 aromatic rings. The number of ether oxygens (including phenoxy) is 2. The van der Waals surface area contributed by atoms with Crippen LogP contribution in [0.2, 0.25) is 0 Å². The molecular weight excluding hydrogens is 381 g/mol. The molecule has 2 atom stereocenters. The van der Waals surface area contributed by atoms with Crippen LogP contribution in [0.15, 0.2) is 29.3 Å². The first kappa shape index (κ1) is 21.6. The van der Waals surface area contributed by atoms with Crippen molar-refractivity contribution in [3.63, 3.8) is 0 Å². The van der Waals surface area contributed by atoms with Crippen LogP contribution in [0.25, 0.3) is 0 Å². The van der Waals surface area contributed by atoms with Crippen molar-refractivity contribution in [1.82, 2.24) is 0 Å². The predicted molar refractivity (Wildman–Crippen MR) is 97.6 cm³/mol. The Morgan fingerprint density at radius 3 is 2.52 bits per heavy atom. The van der Waals surface area contributed by atoms with Gasteiger partial charge < -0.3 is 9.47 Å². The van der Waals surface area contributed by atoms with Crippen LogP contribution in [0.1, 0.15) is 50.3 Å². The summed E-state index contributed by atoms with van der Waals surface area (Å²) in [5, 5.41) is -1.21. The highest BCUT2D eigenvalue weighted by atomic mass is 35.5. The molecule has 3 nitrogen and oxygen atoms in total. The maximum Gasteiger partial charge on any atom is 0.508 e. The smallest absolute Gasteiger partial charge is 0.430 e. The first-order valence-electron chi connectivity index (χ1n) is 8.72. The molecule has 0 spiro atoms. The molecule has 1 saturated carbocycles. The Hall–Kier alpha value is -1.69. The number of halogens is 4. The van der Waals surface area contributed by atoms with Crippen molar-refractivity contribution in [3.05, 3.63) is 46.0 Å². The van der Waals surface area contributed by atoms with E-state index in [1.54, 1.807) is 13.8 Å². The quantitative estimate of drug-likeness (QED) is 0.527. The largest absolute Gasteiger partial charge is 0.508 e. The van der Waals surface area contributed by atoms with Crippen molar-refractivity contribution < 1.29 is 27.4 Å². The molecule has 1 aliphatic rings. The van der Waals surface area contributed by atoms with Crippen molar-refractivity contribution >= 4 is 17.8 Å². The van der Waals surface area contributed by atoms with Crippen molar-refractivity contribution in [1.29, 1.82) is 0 Å². The van der Waals surface area contributed by atoms with E-state index in [0.717, 1.165) is 17.2 Å². The van der Waals surface area contributed by atoms with Gasteiger partial charge in [0.05, 0.1) is 0 Å². The SMILES string of the molecule is Cc1c(COC(=O)O[C@@H]2[C@H](C=C(Cl)C(F)(F)F)C2(C)C)cccc1C(C)C. The van der Waals surface area contributed by atoms with Crippen LogP contribution in [-0.4, -0.2) is 18.4 Å². The van der Waals surface area contributed by atoms with Crippen LogP contribution in [-0.2, 0) is 16.1 Å². The zero-order valence-electron chi connectivity index (χ0n) is 16.0. The number of carbonyl (C=O) groups is 1. The van der Waals surface area contributed by atoms with Gasteiger partial charge in [-0.3, -0.25) is 0 Å². The molecule has 27 heavy (non-hydrogen) atoms. The molecule has 0 saturated heterocycles. The summed E-state index contributed by atoms with van der Waals surface area (Å²) >= 11 is 5.28. The second kappa shape index (κ2) is 7.74. The van der Waals surface area contributed by atoms with Gasteiger partial charge in [-0.2, -0.15) is 13.2 Å². The molecule has 0 amide bonds. The number of hydrogen-bond acceptors (Lipinski definition) is 3. The lowest BCUT2D eigenvalue weighted by Crippen LogP contribution is -2.13. The molecule has 1 aromatic carbocycles. The maximum atomic E-state index is 12.6. The van der Waals surface area contributed by atoms with Gasteiger partial charge >= 0.3 is 12.3 Å². The van der Waals surface area contributed by atoms with Gasteiger partial charge in [-0.25, -0.2) is 4.79 Å². The average molecular weight is 405 g/mol. The van der Waals surface area contributed by atoms with Gasteiger partial charge in [0, 0.05) is 11.3 Å². The number of carbonyl (C=O) groups excluding carboxylic acids is 1. The number of hydrogen-bond donors (Lipinski definition) is 0. The summed E-state index contributed by atoms with van der Waals surface area (Å²) in [7, 11) is 0. The summed E-state index contributed by atoms with van der Waals surface area (Å²) < 4.78 is 48.1. The molecule has 150 valence electrons. The number of rotatable bonds is 5. The Morgan fingerprint density at radius 1 is 1.33 bits per heavy atom. The second-order valence-electron chi connectivity index (χ2n) is 7.72. The average Bonchev–Trinajstić information content (AvgIpc) is 3.04. The summed E-state index contributed by atoms with van der Waals surface area (Å²) in [6.07, 6.45) is -5.31. The molecule has 0 radical (unpaired) electrons. The van der Waals surface area contributed by atoms with E-state index in [2.05, 4.69) is 13.8 Å². The summed E-state index contributed by atoms with van der Waals surface area (Å²) in [6, 6.07) is 5.79. The molecule has 1 fully saturated rings. The van der Waals surface area contributed by atoms with Gasteiger partial charge in [-0.1, -0.05) is 63.6 Å². The summed E-state index contributed by atoms with van der Waals surface area (Å²) in [5.41, 5.74) is 2.45. The van der Waals surface area contributed by atoms with Crippen LogP contribution >= 0.6 is 11.6 Å². The molecule has 2 rings (SSSR count). The van der Waals surface area contributed by atoms with Gasteiger partial charge in [-0.15, -0.1) is 0 Å². The van der Waals surface area contributed by atoms with Crippen LogP contribution in [0, 0.1) is 18.3 Å². The second-order valence-corrected chi connectivity index (χ2v) is 8.13. The Kier molecular flexibility index (Phi) is 6.19. The first-order chi connectivity index (χ1) is 12.4. The van der Waals surface area contributed by atoms with Crippen molar-refractivity contribution in [2.24, 2.45) is 11.3 Å². The minimum Gasteiger partial charge on any atom is -0.430 e. The molecule has 0 aliphatic heterocycles. The minimum absolute atomic E-state index is 0.0438. The molecule has 1 aliphatic carbocycles. The fourth-order valence-electron chi connectivity index (χ4n) is 3.17. The minimum atomic E-state index is -4.61. The van der Waals surface area contributed by atoms with E-state index in [4.69, 9.17) is 21.1 Å². The van der Waals surface area contributed by atoms with Crippen LogP contribution < -0.4 is 0 Å². The van der Waals surface area contributed by atoms with Crippen molar-refractivity contribution in [2.45, 2.75) is 59.4 Å². The molecule has 0 aromatic heterocycles. The molecule has 7 heteroatoms. The van der Waals surface area contributed by atoms with Gasteiger partial charge in [0.1, 0.15) is 17.7 Å². The molecule has 0 heterocycles. The van der Waals surface area contributed by atoms with Crippen LogP contribution in [0.4, 0.5) is 18.0 Å². The molecule has 0 N–H and O–H groups in total. The normalized spacial score (nSPS) is 21.9. The third-order valence-corrected chi connectivity index (χ3v) is 5.43. The summed E-state index contributed by atoms with van der Waals surface area (Å²) in [4.78, 5) is 12.0. The van der Waals surface area contributed by atoms with E-state index >= 15 is 0 Å². The van der Waals surface area contributed by atoms with E-state index in [9.17, 15) is 18.0 Å². The third kappa shape index (κ3) is 4.98. The lowest BCUT2D eigenvalue weighted by Gasteiger charge is -2.14. The van der Waals surface area contributed by atoms with E-state index in [0.29, 0.717) is 5.92 Å². The van der Waals surface area contributed by atoms with E-state index in [1.165, 1.54) is 5.56 Å². The van der Waals surface area contributed by atoms with Gasteiger partial charge in [-0.05, 0) is 29.5 Å². The van der Waals surface area contributed by atoms with Gasteiger partial charge in [0.15, 0.2) is 0 Å². The highest BCUT2D eigenvalue weighted by Crippen LogP contribution is 2.56. The van der Waals surface area contributed by atoms with Gasteiger partial charge in [0.25, 0.3) is 0 Å². The Labute approximate surface area is 162 Å². The Morgan fingerprint density at radius 2 is 1.96 bits per heavy atom. The molecular formula is C20H24ClF3O3. The van der Waals surface area contributed by atoms with Crippen LogP contribution in [0.5, 0.6) is 0 Å². The maximum absolute atomic E-state index is 12.6. The number of allylic oxidation sites excluding steroid dienone is 1. The fourth-order valence-corrected chi connectivity index (χ4v) is 3.30. The number of alkyl halides is 3. The summed E-state index contributed by atoms with van der Waals surface area (Å²) in [6.45, 7) is 9.59. The highest BCUT2D eigenvalue weighted by molar-refractivity contribution is 6.30. The summed E-state index contributed by atoms with van der Waals surface area (Å²) in [5.74, 6) is -0.264. The van der Waals surface area contributed by atoms with Crippen molar-refractivity contribution in [2.75, 3.05) is 0 Å². The van der Waals surface area contributed by atoms with E-state index in [-0.39, 0.29) is 6.61 Å². The first-order valence-corrected chi connectivity index (χ1v) is 9.09. The Bertz CT molecular complexity index is 738. The van der Waals surface area contributed by atoms with E-state index < -0.39 is 34.8 Å². The lowest BCUT2D eigenvalue weighted by molar-refractivity contribution is -0.0848. The van der Waals surface area contributed by atoms with Crippen LogP contribution in [0.3, 0.4) is 0 Å². The number of benzene rings is 1. The monoisotopic (exact) mass is 404 g/mol.